The molecule has 138 valence electrons. The Balaban J connectivity index is 0.00000264. The minimum Gasteiger partial charge on any atom is -0.369 e. The molecule has 0 aromatic heterocycles. The van der Waals surface area contributed by atoms with Gasteiger partial charge in [-0.3, -0.25) is 4.79 Å². The van der Waals surface area contributed by atoms with Gasteiger partial charge in [0.2, 0.25) is 5.91 Å². The molecule has 9 heteroatoms. The lowest BCUT2D eigenvalue weighted by molar-refractivity contribution is -0.117. The second-order valence-corrected chi connectivity index (χ2v) is 7.88. The third-order valence-electron chi connectivity index (χ3n) is 3.76. The Labute approximate surface area is 155 Å². The number of nitrogens with one attached hydrogen (secondary N) is 1. The zero-order chi connectivity index (χ0) is 16.2. The number of nitrogens with zero attached hydrogens (tertiary/aromatic N) is 1. The normalized spacial score (nSPS) is 17.2. The Kier molecular flexibility index (Phi) is 9.65. The molecule has 1 saturated heterocycles. The molecule has 1 atom stereocenters. The van der Waals surface area contributed by atoms with E-state index >= 15 is 0 Å². The van der Waals surface area contributed by atoms with E-state index in [4.69, 9.17) is 5.73 Å². The summed E-state index contributed by atoms with van der Waals surface area (Å²) >= 11 is 0. The van der Waals surface area contributed by atoms with Crippen LogP contribution in [-0.2, 0) is 14.6 Å². The topological polar surface area (TPSA) is 92.5 Å². The molecule has 6 nitrogen and oxygen atoms in total. The molecule has 0 spiro atoms. The number of amides is 1. The zero-order valence-corrected chi connectivity index (χ0v) is 16.1. The van der Waals surface area contributed by atoms with Crippen LogP contribution in [0.2, 0.25) is 0 Å². The molecule has 1 aromatic carbocycles. The van der Waals surface area contributed by atoms with Crippen molar-refractivity contribution < 1.29 is 13.2 Å². The first-order valence-corrected chi connectivity index (χ1v) is 9.35. The van der Waals surface area contributed by atoms with E-state index in [0.29, 0.717) is 25.2 Å². The summed E-state index contributed by atoms with van der Waals surface area (Å²) in [5.41, 5.74) is 7.39. The first-order chi connectivity index (χ1) is 10.4. The van der Waals surface area contributed by atoms with Crippen LogP contribution in [0.3, 0.4) is 0 Å². The van der Waals surface area contributed by atoms with Crippen molar-refractivity contribution in [1.82, 2.24) is 0 Å². The van der Waals surface area contributed by atoms with Crippen LogP contribution < -0.4 is 16.0 Å². The molecular weight excluding hydrogens is 373 g/mol. The lowest BCUT2D eigenvalue weighted by atomic mass is 10.1. The molecule has 0 radical (unpaired) electrons. The number of hydrogen-bond acceptors (Lipinski definition) is 5. The van der Waals surface area contributed by atoms with Crippen LogP contribution >= 0.6 is 24.8 Å². The van der Waals surface area contributed by atoms with Crippen LogP contribution in [0.15, 0.2) is 24.3 Å². The molecule has 1 amide bonds. The highest BCUT2D eigenvalue weighted by molar-refractivity contribution is 7.91. The predicted octanol–water partition coefficient (Wildman–Crippen LogP) is 1.83. The molecule has 1 aromatic rings. The maximum absolute atomic E-state index is 11.9. The average molecular weight is 398 g/mol. The largest absolute Gasteiger partial charge is 0.369 e. The first kappa shape index (κ1) is 23.0. The number of halogens is 2. The summed E-state index contributed by atoms with van der Waals surface area (Å²) in [7, 11) is -2.90. The number of carbonyl (C=O) groups is 1. The summed E-state index contributed by atoms with van der Waals surface area (Å²) in [6.45, 7) is 2.95. The van der Waals surface area contributed by atoms with E-state index in [1.165, 1.54) is 0 Å². The van der Waals surface area contributed by atoms with Gasteiger partial charge in [-0.25, -0.2) is 8.42 Å². The van der Waals surface area contributed by atoms with Crippen molar-refractivity contribution >= 4 is 51.9 Å². The summed E-state index contributed by atoms with van der Waals surface area (Å²) in [6, 6.07) is 6.92. The molecule has 0 aliphatic carbocycles. The molecule has 3 N–H and O–H groups in total. The predicted molar refractivity (Wildman–Crippen MR) is 103 cm³/mol. The summed E-state index contributed by atoms with van der Waals surface area (Å²) in [4.78, 5) is 14.0. The number of benzene rings is 1. The fraction of sp³-hybridized carbons (Fsp3) is 0.533. The molecule has 0 saturated carbocycles. The number of hydrogen-bond donors (Lipinski definition) is 2. The van der Waals surface area contributed by atoms with Gasteiger partial charge in [0, 0.05) is 24.5 Å². The third-order valence-corrected chi connectivity index (χ3v) is 5.37. The van der Waals surface area contributed by atoms with E-state index < -0.39 is 15.9 Å². The van der Waals surface area contributed by atoms with Crippen molar-refractivity contribution in [1.29, 1.82) is 0 Å². The van der Waals surface area contributed by atoms with Crippen LogP contribution in [0.25, 0.3) is 0 Å². The summed E-state index contributed by atoms with van der Waals surface area (Å²) in [6.07, 6.45) is 1.51. The number of sulfone groups is 1. The van der Waals surface area contributed by atoms with Gasteiger partial charge in [-0.1, -0.05) is 19.4 Å². The van der Waals surface area contributed by atoms with Gasteiger partial charge in [0.05, 0.1) is 17.5 Å². The molecule has 1 aliphatic rings. The minimum atomic E-state index is -2.90. The Morgan fingerprint density at radius 3 is 2.50 bits per heavy atom. The molecule has 1 aliphatic heterocycles. The van der Waals surface area contributed by atoms with Gasteiger partial charge in [0.1, 0.15) is 0 Å². The highest BCUT2D eigenvalue weighted by Gasteiger charge is 2.22. The maximum atomic E-state index is 11.9. The highest BCUT2D eigenvalue weighted by atomic mass is 35.5. The van der Waals surface area contributed by atoms with E-state index in [0.717, 1.165) is 12.1 Å². The van der Waals surface area contributed by atoms with Crippen LogP contribution in [0, 0.1) is 0 Å². The van der Waals surface area contributed by atoms with Crippen LogP contribution in [0.1, 0.15) is 19.8 Å². The van der Waals surface area contributed by atoms with Gasteiger partial charge in [0.25, 0.3) is 0 Å². The van der Waals surface area contributed by atoms with E-state index in [9.17, 15) is 13.2 Å². The van der Waals surface area contributed by atoms with Gasteiger partial charge in [-0.15, -0.1) is 24.8 Å². The smallest absolute Gasteiger partial charge is 0.241 e. The lowest BCUT2D eigenvalue weighted by Gasteiger charge is -2.29. The van der Waals surface area contributed by atoms with Gasteiger partial charge in [-0.05, 0) is 24.6 Å². The van der Waals surface area contributed by atoms with Crippen LogP contribution in [0.4, 0.5) is 11.4 Å². The molecule has 0 bridgehead atoms. The van der Waals surface area contributed by atoms with Crippen molar-refractivity contribution in [2.75, 3.05) is 34.8 Å². The van der Waals surface area contributed by atoms with Gasteiger partial charge < -0.3 is 16.0 Å². The molecule has 1 unspecified atom stereocenters. The quantitative estimate of drug-likeness (QED) is 0.790. The third kappa shape index (κ3) is 6.47. The van der Waals surface area contributed by atoms with Crippen molar-refractivity contribution in [3.05, 3.63) is 24.3 Å². The van der Waals surface area contributed by atoms with E-state index in [1.54, 1.807) is 6.07 Å². The number of anilines is 2. The van der Waals surface area contributed by atoms with Crippen molar-refractivity contribution in [3.8, 4) is 0 Å². The monoisotopic (exact) mass is 397 g/mol. The molecule has 24 heavy (non-hydrogen) atoms. The fourth-order valence-corrected chi connectivity index (χ4v) is 3.63. The van der Waals surface area contributed by atoms with E-state index in [2.05, 4.69) is 5.32 Å². The Morgan fingerprint density at radius 2 is 1.92 bits per heavy atom. The minimum absolute atomic E-state index is 0. The second-order valence-electron chi connectivity index (χ2n) is 5.57. The number of rotatable bonds is 5. The average Bonchev–Trinajstić information content (AvgIpc) is 2.47. The SMILES string of the molecule is CCCC(N)C(=O)Nc1cccc(N2CCS(=O)(=O)CC2)c1.Cl.Cl. The van der Waals surface area contributed by atoms with Gasteiger partial charge >= 0.3 is 0 Å². The summed E-state index contributed by atoms with van der Waals surface area (Å²) < 4.78 is 23.0. The highest BCUT2D eigenvalue weighted by Crippen LogP contribution is 2.21. The van der Waals surface area contributed by atoms with Crippen LogP contribution in [0.5, 0.6) is 0 Å². The fourth-order valence-electron chi connectivity index (χ4n) is 2.43. The molecule has 1 fully saturated rings. The van der Waals surface area contributed by atoms with Crippen molar-refractivity contribution in [3.63, 3.8) is 0 Å². The number of nitrogens with two attached hydrogens (primary N) is 1. The Bertz CT molecular complexity index is 627. The van der Waals surface area contributed by atoms with Gasteiger partial charge in [0.15, 0.2) is 9.84 Å². The van der Waals surface area contributed by atoms with E-state index in [-0.39, 0.29) is 42.2 Å². The van der Waals surface area contributed by atoms with Crippen molar-refractivity contribution in [2.45, 2.75) is 25.8 Å². The molecule has 1 heterocycles. The summed E-state index contributed by atoms with van der Waals surface area (Å²) in [5, 5.41) is 2.81. The maximum Gasteiger partial charge on any atom is 0.241 e. The molecular formula is C15H25Cl2N3O3S. The molecule has 2 rings (SSSR count). The first-order valence-electron chi connectivity index (χ1n) is 7.53. The lowest BCUT2D eigenvalue weighted by Crippen LogP contribution is -2.40. The Morgan fingerprint density at radius 1 is 1.29 bits per heavy atom. The van der Waals surface area contributed by atoms with Crippen LogP contribution in [-0.4, -0.2) is 45.0 Å². The van der Waals surface area contributed by atoms with E-state index in [1.807, 2.05) is 30.0 Å². The standard InChI is InChI=1S/C15H23N3O3S.2ClH/c1-2-4-14(16)15(19)17-12-5-3-6-13(11-12)18-7-9-22(20,21)10-8-18;;/h3,5-6,11,14H,2,4,7-10,16H2,1H3,(H,17,19);2*1H. The van der Waals surface area contributed by atoms with Gasteiger partial charge in [-0.2, -0.15) is 0 Å². The second kappa shape index (κ2) is 10.1. The van der Waals surface area contributed by atoms with Crippen molar-refractivity contribution in [2.24, 2.45) is 5.73 Å². The Hall–Kier alpha value is -1.02. The summed E-state index contributed by atoms with van der Waals surface area (Å²) in [5.74, 6) is 0.149. The zero-order valence-electron chi connectivity index (χ0n) is 13.6. The number of carbonyl (C=O) groups excluding carboxylic acids is 1.